The minimum Gasteiger partial charge on any atom is -0.416 e. The maximum Gasteiger partial charge on any atom is 0.191 e. The molecule has 1 fully saturated rings. The third-order valence-corrected chi connectivity index (χ3v) is 10.2. The first-order valence-corrected chi connectivity index (χ1v) is 11.6. The molecule has 0 radical (unpaired) electrons. The van der Waals surface area contributed by atoms with E-state index in [1.54, 1.807) is 0 Å². The van der Waals surface area contributed by atoms with Crippen LogP contribution in [-0.4, -0.2) is 33.4 Å². The second-order valence-corrected chi connectivity index (χ2v) is 13.5. The maximum atomic E-state index is 11.0. The van der Waals surface area contributed by atoms with E-state index < -0.39 is 8.32 Å². The van der Waals surface area contributed by atoms with Crippen LogP contribution >= 0.6 is 0 Å². The van der Waals surface area contributed by atoms with E-state index in [0.717, 1.165) is 25.7 Å². The lowest BCUT2D eigenvalue weighted by Crippen LogP contribution is -2.46. The fraction of sp³-hybridized carbons (Fsp3) is 0.944. The van der Waals surface area contributed by atoms with Crippen LogP contribution in [0.1, 0.15) is 54.4 Å². The lowest BCUT2D eigenvalue weighted by molar-refractivity contribution is -0.138. The van der Waals surface area contributed by atoms with Crippen molar-refractivity contribution in [3.63, 3.8) is 0 Å². The van der Waals surface area contributed by atoms with Gasteiger partial charge < -0.3 is 14.0 Å². The first-order valence-electron chi connectivity index (χ1n) is 8.74. The molecule has 0 amide bonds. The number of rotatable bonds is 6. The molecule has 0 aromatic carbocycles. The van der Waals surface area contributed by atoms with E-state index in [2.05, 4.69) is 47.7 Å². The average molecular weight is 329 g/mol. The fourth-order valence-corrected chi connectivity index (χ4v) is 3.93. The van der Waals surface area contributed by atoms with E-state index in [9.17, 15) is 4.79 Å². The second-order valence-electron chi connectivity index (χ2n) is 8.74. The molecular weight excluding hydrogens is 292 g/mol. The molecule has 22 heavy (non-hydrogen) atoms. The van der Waals surface area contributed by atoms with E-state index in [-0.39, 0.29) is 23.2 Å². The zero-order valence-electron chi connectivity index (χ0n) is 15.8. The maximum absolute atomic E-state index is 11.0. The molecule has 4 heteroatoms. The van der Waals surface area contributed by atoms with Gasteiger partial charge in [-0.1, -0.05) is 41.5 Å². The predicted octanol–water partition coefficient (Wildman–Crippen LogP) is 4.66. The predicted molar refractivity (Wildman–Crippen MR) is 94.6 cm³/mol. The molecule has 0 spiro atoms. The summed E-state index contributed by atoms with van der Waals surface area (Å²) in [7, 11) is -1.71. The molecule has 5 atom stereocenters. The van der Waals surface area contributed by atoms with Crippen LogP contribution in [0.3, 0.4) is 0 Å². The summed E-state index contributed by atoms with van der Waals surface area (Å²) in [6, 6.07) is 0. The minimum atomic E-state index is -1.71. The van der Waals surface area contributed by atoms with Gasteiger partial charge in [0.15, 0.2) is 8.32 Å². The summed E-state index contributed by atoms with van der Waals surface area (Å²) in [5, 5.41) is 0.236. The third-order valence-electron chi connectivity index (χ3n) is 5.67. The van der Waals surface area contributed by atoms with Crippen LogP contribution in [0.2, 0.25) is 18.1 Å². The highest BCUT2D eigenvalue weighted by Crippen LogP contribution is 2.38. The summed E-state index contributed by atoms with van der Waals surface area (Å²) in [4.78, 5) is 11.0. The number of hydrogen-bond donors (Lipinski definition) is 0. The molecular formula is C18H36O3Si. The van der Waals surface area contributed by atoms with Crippen molar-refractivity contribution in [1.82, 2.24) is 0 Å². The smallest absolute Gasteiger partial charge is 0.191 e. The van der Waals surface area contributed by atoms with Gasteiger partial charge in [-0.2, -0.15) is 0 Å². The van der Waals surface area contributed by atoms with Crippen LogP contribution in [0.25, 0.3) is 0 Å². The zero-order valence-corrected chi connectivity index (χ0v) is 16.8. The second kappa shape index (κ2) is 7.58. The van der Waals surface area contributed by atoms with Gasteiger partial charge >= 0.3 is 0 Å². The van der Waals surface area contributed by atoms with E-state index in [0.29, 0.717) is 11.8 Å². The normalized spacial score (nSPS) is 29.9. The summed E-state index contributed by atoms with van der Waals surface area (Å²) < 4.78 is 12.6. The first kappa shape index (κ1) is 19.9. The molecule has 0 aromatic rings. The molecule has 0 unspecified atom stereocenters. The Morgan fingerprint density at radius 2 is 1.86 bits per heavy atom. The Labute approximate surface area is 138 Å². The quantitative estimate of drug-likeness (QED) is 0.525. The monoisotopic (exact) mass is 328 g/mol. The van der Waals surface area contributed by atoms with Crippen molar-refractivity contribution in [3.05, 3.63) is 0 Å². The number of aldehydes is 1. The average Bonchev–Trinajstić information content (AvgIpc) is 2.43. The van der Waals surface area contributed by atoms with Crippen molar-refractivity contribution in [2.75, 3.05) is 6.61 Å². The third kappa shape index (κ3) is 4.90. The molecule has 0 aromatic heterocycles. The number of carbonyl (C=O) groups is 1. The Kier molecular flexibility index (Phi) is 6.84. The van der Waals surface area contributed by atoms with Crippen LogP contribution in [0.5, 0.6) is 0 Å². The number of hydrogen-bond acceptors (Lipinski definition) is 3. The highest BCUT2D eigenvalue weighted by atomic mass is 28.4. The Morgan fingerprint density at radius 1 is 1.27 bits per heavy atom. The van der Waals surface area contributed by atoms with Gasteiger partial charge in [0, 0.05) is 18.4 Å². The SMILES string of the molecule is C[C@H](C=O)[C@@H]1CC[C@H](C)[C@@H]([C@@H](C)CO[Si](C)(C)C(C)(C)C)O1. The lowest BCUT2D eigenvalue weighted by atomic mass is 9.84. The van der Waals surface area contributed by atoms with Crippen molar-refractivity contribution >= 4 is 14.6 Å². The molecule has 0 N–H and O–H groups in total. The van der Waals surface area contributed by atoms with E-state index in [4.69, 9.17) is 9.16 Å². The fourth-order valence-electron chi connectivity index (χ4n) is 2.82. The number of carbonyl (C=O) groups excluding carboxylic acids is 1. The van der Waals surface area contributed by atoms with E-state index >= 15 is 0 Å². The summed E-state index contributed by atoms with van der Waals surface area (Å²) >= 11 is 0. The lowest BCUT2D eigenvalue weighted by Gasteiger charge is -2.41. The van der Waals surface area contributed by atoms with Crippen molar-refractivity contribution < 1.29 is 14.0 Å². The molecule has 1 heterocycles. The molecule has 1 aliphatic rings. The van der Waals surface area contributed by atoms with Crippen LogP contribution in [0.4, 0.5) is 0 Å². The molecule has 1 aliphatic heterocycles. The first-order chi connectivity index (χ1) is 9.99. The number of ether oxygens (including phenoxy) is 1. The van der Waals surface area contributed by atoms with Crippen LogP contribution in [-0.2, 0) is 14.0 Å². The minimum absolute atomic E-state index is 0.0106. The molecule has 0 saturated carbocycles. The molecule has 1 rings (SSSR count). The topological polar surface area (TPSA) is 35.5 Å². The molecule has 0 aliphatic carbocycles. The summed E-state index contributed by atoms with van der Waals surface area (Å²) in [5.74, 6) is 0.891. The Morgan fingerprint density at radius 3 is 2.36 bits per heavy atom. The van der Waals surface area contributed by atoms with Gasteiger partial charge in [0.25, 0.3) is 0 Å². The van der Waals surface area contributed by atoms with Gasteiger partial charge in [-0.05, 0) is 36.9 Å². The molecule has 1 saturated heterocycles. The largest absolute Gasteiger partial charge is 0.416 e. The van der Waals surface area contributed by atoms with Crippen molar-refractivity contribution in [3.8, 4) is 0 Å². The Balaban J connectivity index is 2.63. The van der Waals surface area contributed by atoms with Crippen LogP contribution in [0.15, 0.2) is 0 Å². The highest BCUT2D eigenvalue weighted by Gasteiger charge is 2.39. The highest BCUT2D eigenvalue weighted by molar-refractivity contribution is 6.74. The molecule has 3 nitrogen and oxygen atoms in total. The standard InChI is InChI=1S/C18H36O3Si/c1-13-9-10-16(14(2)11-19)21-17(13)15(3)12-20-22(7,8)18(4,5)6/h11,13-17H,9-10,12H2,1-8H3/t13-,14+,15-,16-,17-/m0/s1. The van der Waals surface area contributed by atoms with Gasteiger partial charge in [0.1, 0.15) is 6.29 Å². The summed E-state index contributed by atoms with van der Waals surface area (Å²) in [6.45, 7) is 18.6. The van der Waals surface area contributed by atoms with E-state index in [1.165, 1.54) is 0 Å². The van der Waals surface area contributed by atoms with Crippen molar-refractivity contribution in [1.29, 1.82) is 0 Å². The van der Waals surface area contributed by atoms with Crippen LogP contribution < -0.4 is 0 Å². The Hall–Kier alpha value is -0.193. The summed E-state index contributed by atoms with van der Waals surface area (Å²) in [5.41, 5.74) is 0. The van der Waals surface area contributed by atoms with Gasteiger partial charge in [-0.15, -0.1) is 0 Å². The van der Waals surface area contributed by atoms with Gasteiger partial charge in [-0.25, -0.2) is 0 Å². The van der Waals surface area contributed by atoms with Crippen molar-refractivity contribution in [2.24, 2.45) is 17.8 Å². The zero-order chi connectivity index (χ0) is 17.1. The molecule has 0 bridgehead atoms. The summed E-state index contributed by atoms with van der Waals surface area (Å²) in [6.07, 6.45) is 3.43. The van der Waals surface area contributed by atoms with Gasteiger partial charge in [-0.3, -0.25) is 0 Å². The van der Waals surface area contributed by atoms with Crippen molar-refractivity contribution in [2.45, 2.75) is 84.7 Å². The van der Waals surface area contributed by atoms with Gasteiger partial charge in [0.05, 0.1) is 12.2 Å². The van der Waals surface area contributed by atoms with E-state index in [1.807, 2.05) is 6.92 Å². The Bertz CT molecular complexity index is 362. The van der Waals surface area contributed by atoms with Gasteiger partial charge in [0.2, 0.25) is 0 Å². The van der Waals surface area contributed by atoms with Crippen LogP contribution in [0, 0.1) is 17.8 Å². The molecule has 130 valence electrons.